The summed E-state index contributed by atoms with van der Waals surface area (Å²) in [7, 11) is 0. The van der Waals surface area contributed by atoms with E-state index in [0.29, 0.717) is 28.4 Å². The van der Waals surface area contributed by atoms with Crippen molar-refractivity contribution in [2.24, 2.45) is 5.10 Å². The van der Waals surface area contributed by atoms with Crippen LogP contribution in [-0.4, -0.2) is 17.0 Å². The van der Waals surface area contributed by atoms with Gasteiger partial charge in [-0.2, -0.15) is 5.10 Å². The summed E-state index contributed by atoms with van der Waals surface area (Å²) < 4.78 is 10.9. The van der Waals surface area contributed by atoms with Gasteiger partial charge in [0.1, 0.15) is 17.3 Å². The number of nitro groups is 1. The van der Waals surface area contributed by atoms with Crippen LogP contribution in [0.5, 0.6) is 11.5 Å². The first-order chi connectivity index (χ1) is 13.8. The van der Waals surface area contributed by atoms with E-state index in [1.54, 1.807) is 44.2 Å². The highest BCUT2D eigenvalue weighted by atomic mass is 35.5. The number of nitrogens with one attached hydrogen (secondary N) is 1. The fourth-order valence-electron chi connectivity index (χ4n) is 2.55. The van der Waals surface area contributed by atoms with Gasteiger partial charge >= 0.3 is 5.69 Å². The summed E-state index contributed by atoms with van der Waals surface area (Å²) in [6.45, 7) is 3.46. The second kappa shape index (κ2) is 8.57. The van der Waals surface area contributed by atoms with Crippen LogP contribution in [0.4, 0.5) is 5.69 Å². The van der Waals surface area contributed by atoms with Crippen molar-refractivity contribution in [1.82, 2.24) is 5.43 Å². The predicted octanol–water partition coefficient (Wildman–Crippen LogP) is 5.01. The zero-order chi connectivity index (χ0) is 21.0. The molecule has 0 unspecified atom stereocenters. The summed E-state index contributed by atoms with van der Waals surface area (Å²) in [4.78, 5) is 22.6. The lowest BCUT2D eigenvalue weighted by Gasteiger charge is -2.06. The van der Waals surface area contributed by atoms with Crippen LogP contribution >= 0.6 is 11.6 Å². The molecule has 1 N–H and O–H groups in total. The Bertz CT molecular complexity index is 1090. The minimum absolute atomic E-state index is 0.0823. The number of hydrogen-bond acceptors (Lipinski definition) is 6. The first-order valence-electron chi connectivity index (χ1n) is 8.46. The van der Waals surface area contributed by atoms with E-state index in [2.05, 4.69) is 10.5 Å². The molecule has 0 aliphatic carbocycles. The molecule has 0 radical (unpaired) electrons. The first-order valence-corrected chi connectivity index (χ1v) is 8.83. The minimum atomic E-state index is -0.561. The average molecular weight is 414 g/mol. The van der Waals surface area contributed by atoms with Crippen molar-refractivity contribution in [3.63, 3.8) is 0 Å². The highest BCUT2D eigenvalue weighted by Gasteiger charge is 2.16. The van der Waals surface area contributed by atoms with E-state index in [1.807, 2.05) is 0 Å². The van der Waals surface area contributed by atoms with Gasteiger partial charge in [-0.25, -0.2) is 5.43 Å². The van der Waals surface area contributed by atoms with E-state index in [0.717, 1.165) is 0 Å². The monoisotopic (exact) mass is 413 g/mol. The van der Waals surface area contributed by atoms with Crippen LogP contribution in [0.15, 0.2) is 58.0 Å². The third kappa shape index (κ3) is 4.99. The Labute approximate surface area is 170 Å². The van der Waals surface area contributed by atoms with Gasteiger partial charge in [0, 0.05) is 11.1 Å². The SMILES string of the molecule is Cc1cc(C(=O)N/N=C\c2ccc(Oc3ccc(Cl)cc3[N+](=O)[O-])cc2)c(C)o1. The predicted molar refractivity (Wildman–Crippen MR) is 108 cm³/mol. The van der Waals surface area contributed by atoms with Crippen LogP contribution in [-0.2, 0) is 0 Å². The number of halogens is 1. The maximum Gasteiger partial charge on any atom is 0.313 e. The fraction of sp³-hybridized carbons (Fsp3) is 0.100. The molecule has 3 rings (SSSR count). The second-order valence-electron chi connectivity index (χ2n) is 6.07. The van der Waals surface area contributed by atoms with Crippen LogP contribution in [0.25, 0.3) is 0 Å². The molecule has 1 aromatic heterocycles. The summed E-state index contributed by atoms with van der Waals surface area (Å²) in [6.07, 6.45) is 1.47. The van der Waals surface area contributed by atoms with Crippen molar-refractivity contribution in [3.8, 4) is 11.5 Å². The normalized spacial score (nSPS) is 10.9. The first kappa shape index (κ1) is 20.1. The topological polar surface area (TPSA) is 107 Å². The number of benzene rings is 2. The standard InChI is InChI=1S/C20H16ClN3O5/c1-12-9-17(13(2)28-12)20(25)23-22-11-14-3-6-16(7-4-14)29-19-8-5-15(21)10-18(19)24(26)27/h3-11H,1-2H3,(H,23,25)/b22-11-. The van der Waals surface area contributed by atoms with Gasteiger partial charge in [-0.15, -0.1) is 0 Å². The van der Waals surface area contributed by atoms with Gasteiger partial charge in [-0.3, -0.25) is 14.9 Å². The lowest BCUT2D eigenvalue weighted by Crippen LogP contribution is -2.17. The number of ether oxygens (including phenoxy) is 1. The number of rotatable bonds is 6. The maximum atomic E-state index is 12.1. The summed E-state index contributed by atoms with van der Waals surface area (Å²) >= 11 is 5.79. The van der Waals surface area contributed by atoms with Crippen molar-refractivity contribution in [2.45, 2.75) is 13.8 Å². The molecule has 0 aliphatic heterocycles. The van der Waals surface area contributed by atoms with Gasteiger partial charge in [0.15, 0.2) is 0 Å². The van der Waals surface area contributed by atoms with Crippen LogP contribution in [0.3, 0.4) is 0 Å². The molecular weight excluding hydrogens is 398 g/mol. The van der Waals surface area contributed by atoms with Gasteiger partial charge in [0.25, 0.3) is 5.91 Å². The Morgan fingerprint density at radius 1 is 1.21 bits per heavy atom. The van der Waals surface area contributed by atoms with Crippen molar-refractivity contribution >= 4 is 29.4 Å². The zero-order valence-electron chi connectivity index (χ0n) is 15.5. The number of nitrogens with zero attached hydrogens (tertiary/aromatic N) is 2. The molecular formula is C20H16ClN3O5. The Morgan fingerprint density at radius 2 is 1.93 bits per heavy atom. The van der Waals surface area contributed by atoms with E-state index in [9.17, 15) is 14.9 Å². The fourth-order valence-corrected chi connectivity index (χ4v) is 2.72. The largest absolute Gasteiger partial charge is 0.466 e. The Hall–Kier alpha value is -3.65. The van der Waals surface area contributed by atoms with E-state index < -0.39 is 4.92 Å². The van der Waals surface area contributed by atoms with E-state index in [-0.39, 0.29) is 22.4 Å². The highest BCUT2D eigenvalue weighted by molar-refractivity contribution is 6.30. The number of amides is 1. The van der Waals surface area contributed by atoms with Gasteiger partial charge in [0.05, 0.1) is 16.7 Å². The molecule has 148 valence electrons. The Morgan fingerprint density at radius 3 is 2.55 bits per heavy atom. The molecule has 0 saturated carbocycles. The molecule has 2 aromatic carbocycles. The third-order valence-electron chi connectivity index (χ3n) is 3.89. The van der Waals surface area contributed by atoms with E-state index in [1.165, 1.54) is 24.4 Å². The molecule has 0 aliphatic rings. The molecule has 0 atom stereocenters. The molecule has 0 saturated heterocycles. The average Bonchev–Trinajstić information content (AvgIpc) is 3.02. The number of aryl methyl sites for hydroxylation is 2. The number of carbonyl (C=O) groups excluding carboxylic acids is 1. The second-order valence-corrected chi connectivity index (χ2v) is 6.50. The van der Waals surface area contributed by atoms with Crippen molar-refractivity contribution in [2.75, 3.05) is 0 Å². The molecule has 0 bridgehead atoms. The van der Waals surface area contributed by atoms with Gasteiger partial charge in [0.2, 0.25) is 5.75 Å². The number of nitro benzene ring substituents is 1. The molecule has 9 heteroatoms. The van der Waals surface area contributed by atoms with Crippen molar-refractivity contribution in [1.29, 1.82) is 0 Å². The summed E-state index contributed by atoms with van der Waals surface area (Å²) in [5.41, 5.74) is 3.33. The lowest BCUT2D eigenvalue weighted by atomic mass is 10.2. The van der Waals surface area contributed by atoms with E-state index >= 15 is 0 Å². The van der Waals surface area contributed by atoms with Gasteiger partial charge in [-0.1, -0.05) is 11.6 Å². The number of furan rings is 1. The van der Waals surface area contributed by atoms with Crippen molar-refractivity contribution < 1.29 is 18.9 Å². The van der Waals surface area contributed by atoms with Gasteiger partial charge in [-0.05, 0) is 61.9 Å². The molecule has 0 fully saturated rings. The smallest absolute Gasteiger partial charge is 0.313 e. The highest BCUT2D eigenvalue weighted by Crippen LogP contribution is 2.33. The summed E-state index contributed by atoms with van der Waals surface area (Å²) in [6, 6.07) is 12.5. The van der Waals surface area contributed by atoms with E-state index in [4.69, 9.17) is 20.8 Å². The number of hydrogen-bond donors (Lipinski definition) is 1. The summed E-state index contributed by atoms with van der Waals surface area (Å²) in [5.74, 6) is 1.28. The quantitative estimate of drug-likeness (QED) is 0.347. The van der Waals surface area contributed by atoms with Gasteiger partial charge < -0.3 is 9.15 Å². The molecule has 1 heterocycles. The maximum absolute atomic E-state index is 12.1. The number of carbonyl (C=O) groups is 1. The van der Waals surface area contributed by atoms with Crippen LogP contribution in [0.1, 0.15) is 27.4 Å². The minimum Gasteiger partial charge on any atom is -0.466 e. The molecule has 8 nitrogen and oxygen atoms in total. The van der Waals surface area contributed by atoms with Crippen LogP contribution < -0.4 is 10.2 Å². The summed E-state index contributed by atoms with van der Waals surface area (Å²) in [5, 5.41) is 15.3. The number of hydrazone groups is 1. The van der Waals surface area contributed by atoms with Crippen LogP contribution in [0.2, 0.25) is 5.02 Å². The van der Waals surface area contributed by atoms with Crippen LogP contribution in [0, 0.1) is 24.0 Å². The molecule has 0 spiro atoms. The molecule has 3 aromatic rings. The van der Waals surface area contributed by atoms with Crippen molar-refractivity contribution in [3.05, 3.63) is 86.3 Å². The lowest BCUT2D eigenvalue weighted by molar-refractivity contribution is -0.385. The molecule has 29 heavy (non-hydrogen) atoms. The zero-order valence-corrected chi connectivity index (χ0v) is 16.3. The third-order valence-corrected chi connectivity index (χ3v) is 4.13. The molecule has 1 amide bonds. The Kier molecular flexibility index (Phi) is 5.94. The Balaban J connectivity index is 1.65.